The van der Waals surface area contributed by atoms with Gasteiger partial charge in [-0.25, -0.2) is 4.98 Å². The van der Waals surface area contributed by atoms with Gasteiger partial charge in [-0.1, -0.05) is 45.9 Å². The highest BCUT2D eigenvalue weighted by molar-refractivity contribution is 7.13. The van der Waals surface area contributed by atoms with E-state index in [1.54, 1.807) is 16.3 Å². The van der Waals surface area contributed by atoms with Gasteiger partial charge in [-0.2, -0.15) is 0 Å². The fraction of sp³-hybridized carbons (Fsp3) is 0.478. The van der Waals surface area contributed by atoms with Crippen molar-refractivity contribution in [3.63, 3.8) is 0 Å². The number of amides is 3. The number of aryl methyl sites for hydroxylation is 1. The minimum Gasteiger partial charge on any atom is -0.356 e. The number of carbonyl (C=O) groups excluding carboxylic acids is 3. The number of hydrogen-bond donors (Lipinski definition) is 2. The summed E-state index contributed by atoms with van der Waals surface area (Å²) in [6, 6.07) is 7.37. The Hall–Kier alpha value is -2.74. The van der Waals surface area contributed by atoms with Crippen molar-refractivity contribution >= 4 is 34.2 Å². The van der Waals surface area contributed by atoms with Gasteiger partial charge in [-0.3, -0.25) is 14.4 Å². The Morgan fingerprint density at radius 2 is 1.77 bits per heavy atom. The number of benzene rings is 1. The molecule has 1 heterocycles. The molecule has 0 aliphatic rings. The lowest BCUT2D eigenvalue weighted by molar-refractivity contribution is -0.120. The van der Waals surface area contributed by atoms with E-state index in [1.165, 1.54) is 11.3 Å². The number of rotatable bonds is 10. The zero-order chi connectivity index (χ0) is 23.0. The summed E-state index contributed by atoms with van der Waals surface area (Å²) in [7, 11) is 0. The van der Waals surface area contributed by atoms with Gasteiger partial charge in [0.25, 0.3) is 5.91 Å². The first-order valence-corrected chi connectivity index (χ1v) is 11.4. The van der Waals surface area contributed by atoms with Gasteiger partial charge in [0.05, 0.1) is 12.1 Å². The minimum absolute atomic E-state index is 0.0604. The third-order valence-corrected chi connectivity index (χ3v) is 5.24. The number of aromatic nitrogens is 1. The number of anilines is 1. The highest BCUT2D eigenvalue weighted by Crippen LogP contribution is 2.17. The largest absolute Gasteiger partial charge is 0.356 e. The number of carbonyl (C=O) groups is 3. The molecular formula is C23H32N4O3S. The van der Waals surface area contributed by atoms with Crippen LogP contribution in [0.5, 0.6) is 0 Å². The molecule has 2 N–H and O–H groups in total. The predicted molar refractivity (Wildman–Crippen MR) is 124 cm³/mol. The molecule has 1 aromatic carbocycles. The molecule has 7 nitrogen and oxygen atoms in total. The van der Waals surface area contributed by atoms with E-state index in [2.05, 4.69) is 15.6 Å². The normalized spacial score (nSPS) is 10.9. The summed E-state index contributed by atoms with van der Waals surface area (Å²) in [6.07, 6.45) is 0.171. The molecule has 0 atom stereocenters. The first-order chi connectivity index (χ1) is 14.7. The number of thiazole rings is 1. The molecule has 0 unspecified atom stereocenters. The van der Waals surface area contributed by atoms with Crippen molar-refractivity contribution < 1.29 is 14.4 Å². The molecule has 8 heteroatoms. The van der Waals surface area contributed by atoms with E-state index < -0.39 is 0 Å². The van der Waals surface area contributed by atoms with Gasteiger partial charge in [-0.05, 0) is 30.4 Å². The Balaban J connectivity index is 1.98. The molecule has 0 saturated heterocycles. The lowest BCUT2D eigenvalue weighted by Crippen LogP contribution is -2.40. The Labute approximate surface area is 188 Å². The highest BCUT2D eigenvalue weighted by Gasteiger charge is 2.21. The molecule has 168 valence electrons. The highest BCUT2D eigenvalue weighted by atomic mass is 32.1. The van der Waals surface area contributed by atoms with Crippen molar-refractivity contribution in [1.82, 2.24) is 15.2 Å². The number of hydrogen-bond acceptors (Lipinski definition) is 5. The van der Waals surface area contributed by atoms with Crippen LogP contribution in [0, 0.1) is 18.8 Å². The molecule has 0 radical (unpaired) electrons. The van der Waals surface area contributed by atoms with E-state index in [1.807, 2.05) is 52.8 Å². The quantitative estimate of drug-likeness (QED) is 0.587. The van der Waals surface area contributed by atoms with Crippen LogP contribution in [0.4, 0.5) is 5.13 Å². The zero-order valence-electron chi connectivity index (χ0n) is 18.9. The van der Waals surface area contributed by atoms with Gasteiger partial charge in [0, 0.05) is 24.0 Å². The Bertz CT molecular complexity index is 908. The Morgan fingerprint density at radius 3 is 2.42 bits per heavy atom. The topological polar surface area (TPSA) is 91.4 Å². The summed E-state index contributed by atoms with van der Waals surface area (Å²) < 4.78 is 0. The molecule has 0 aliphatic carbocycles. The molecule has 0 bridgehead atoms. The second-order valence-corrected chi connectivity index (χ2v) is 9.32. The van der Waals surface area contributed by atoms with Crippen molar-refractivity contribution in [2.45, 2.75) is 41.0 Å². The van der Waals surface area contributed by atoms with Crippen LogP contribution in [0.1, 0.15) is 49.3 Å². The fourth-order valence-electron chi connectivity index (χ4n) is 2.97. The molecule has 3 amide bonds. The molecule has 0 fully saturated rings. The molecule has 2 aromatic rings. The molecule has 1 aromatic heterocycles. The summed E-state index contributed by atoms with van der Waals surface area (Å²) in [5.41, 5.74) is 2.08. The van der Waals surface area contributed by atoms with Crippen LogP contribution >= 0.6 is 11.3 Å². The van der Waals surface area contributed by atoms with E-state index in [-0.39, 0.29) is 36.6 Å². The number of nitrogens with zero attached hydrogens (tertiary/aromatic N) is 2. The van der Waals surface area contributed by atoms with Gasteiger partial charge in [0.15, 0.2) is 5.13 Å². The van der Waals surface area contributed by atoms with Crippen LogP contribution in [0.15, 0.2) is 29.6 Å². The molecule has 0 aliphatic heterocycles. The van der Waals surface area contributed by atoms with Crippen molar-refractivity contribution in [1.29, 1.82) is 0 Å². The van der Waals surface area contributed by atoms with E-state index in [0.717, 1.165) is 5.56 Å². The molecule has 2 rings (SSSR count). The average molecular weight is 445 g/mol. The zero-order valence-corrected chi connectivity index (χ0v) is 19.7. The van der Waals surface area contributed by atoms with Gasteiger partial charge in [0.2, 0.25) is 11.8 Å². The summed E-state index contributed by atoms with van der Waals surface area (Å²) >= 11 is 1.27. The summed E-state index contributed by atoms with van der Waals surface area (Å²) in [4.78, 5) is 43.5. The van der Waals surface area contributed by atoms with Gasteiger partial charge in [-0.15, -0.1) is 11.3 Å². The van der Waals surface area contributed by atoms with Crippen LogP contribution in [-0.2, 0) is 16.0 Å². The van der Waals surface area contributed by atoms with Gasteiger partial charge < -0.3 is 15.5 Å². The molecule has 0 spiro atoms. The Morgan fingerprint density at radius 1 is 1.06 bits per heavy atom. The fourth-order valence-corrected chi connectivity index (χ4v) is 3.69. The van der Waals surface area contributed by atoms with Crippen LogP contribution in [0.25, 0.3) is 0 Å². The van der Waals surface area contributed by atoms with E-state index in [0.29, 0.717) is 35.4 Å². The van der Waals surface area contributed by atoms with Crippen molar-refractivity contribution in [3.05, 3.63) is 46.5 Å². The average Bonchev–Trinajstić information content (AvgIpc) is 3.11. The third-order valence-electron chi connectivity index (χ3n) is 4.43. The molecule has 0 saturated carbocycles. The number of nitrogens with one attached hydrogen (secondary N) is 2. The maximum absolute atomic E-state index is 13.0. The van der Waals surface area contributed by atoms with E-state index in [4.69, 9.17) is 0 Å². The minimum atomic E-state index is -0.312. The van der Waals surface area contributed by atoms with Crippen LogP contribution in [0.2, 0.25) is 0 Å². The SMILES string of the molecule is Cc1ccccc1C(=O)N(CC(=O)Nc1nc(CC(=O)NCC(C)C)cs1)CC(C)C. The second kappa shape index (κ2) is 11.6. The van der Waals surface area contributed by atoms with Crippen LogP contribution in [0.3, 0.4) is 0 Å². The van der Waals surface area contributed by atoms with Crippen molar-refractivity contribution in [2.24, 2.45) is 11.8 Å². The maximum Gasteiger partial charge on any atom is 0.254 e. The summed E-state index contributed by atoms with van der Waals surface area (Å²) in [5, 5.41) is 7.78. The standard InChI is InChI=1S/C23H32N4O3S/c1-15(2)11-24-20(28)10-18-14-31-23(25-18)26-21(29)13-27(12-16(3)4)22(30)19-9-7-6-8-17(19)5/h6-9,14-16H,10-13H2,1-5H3,(H,24,28)(H,25,26,29). The van der Waals surface area contributed by atoms with Crippen molar-refractivity contribution in [3.8, 4) is 0 Å². The van der Waals surface area contributed by atoms with Crippen molar-refractivity contribution in [2.75, 3.05) is 25.0 Å². The second-order valence-electron chi connectivity index (χ2n) is 8.46. The summed E-state index contributed by atoms with van der Waals surface area (Å²) in [5.74, 6) is 0.0298. The van der Waals surface area contributed by atoms with Crippen LogP contribution in [-0.4, -0.2) is 47.2 Å². The van der Waals surface area contributed by atoms with Gasteiger partial charge in [0.1, 0.15) is 6.54 Å². The van der Waals surface area contributed by atoms with Crippen LogP contribution < -0.4 is 10.6 Å². The van der Waals surface area contributed by atoms with E-state index in [9.17, 15) is 14.4 Å². The predicted octanol–water partition coefficient (Wildman–Crippen LogP) is 3.50. The van der Waals surface area contributed by atoms with E-state index >= 15 is 0 Å². The first kappa shape index (κ1) is 24.5. The molecule has 31 heavy (non-hydrogen) atoms. The maximum atomic E-state index is 13.0. The third kappa shape index (κ3) is 8.13. The smallest absolute Gasteiger partial charge is 0.254 e. The lowest BCUT2D eigenvalue weighted by atomic mass is 10.1. The first-order valence-electron chi connectivity index (χ1n) is 10.5. The lowest BCUT2D eigenvalue weighted by Gasteiger charge is -2.24. The summed E-state index contributed by atoms with van der Waals surface area (Å²) in [6.45, 7) is 11.0. The molecular weight excluding hydrogens is 412 g/mol. The Kier molecular flexibility index (Phi) is 9.18. The van der Waals surface area contributed by atoms with Gasteiger partial charge >= 0.3 is 0 Å². The monoisotopic (exact) mass is 444 g/mol.